The number of urea groups is 1. The lowest BCUT2D eigenvalue weighted by Gasteiger charge is -2.11. The molecule has 11 nitrogen and oxygen atoms in total. The van der Waals surface area contributed by atoms with Gasteiger partial charge in [0.1, 0.15) is 5.82 Å². The third kappa shape index (κ3) is 8.17. The Labute approximate surface area is 200 Å². The van der Waals surface area contributed by atoms with Crippen molar-refractivity contribution in [3.63, 3.8) is 0 Å². The lowest BCUT2D eigenvalue weighted by atomic mass is 10.1. The number of hydrogen-bond acceptors (Lipinski definition) is 6. The summed E-state index contributed by atoms with van der Waals surface area (Å²) in [5.41, 5.74) is 3.37. The number of carbonyl (C=O) groups is 4. The van der Waals surface area contributed by atoms with Crippen molar-refractivity contribution >= 4 is 35.3 Å². The van der Waals surface area contributed by atoms with E-state index in [0.29, 0.717) is 17.0 Å². The summed E-state index contributed by atoms with van der Waals surface area (Å²) in [6.45, 7) is -0.336. The zero-order valence-corrected chi connectivity index (χ0v) is 18.5. The number of aliphatic carboxylic acids is 1. The van der Waals surface area contributed by atoms with Gasteiger partial charge in [-0.3, -0.25) is 14.4 Å². The highest BCUT2D eigenvalue weighted by atomic mass is 16.7. The van der Waals surface area contributed by atoms with Crippen molar-refractivity contribution in [2.24, 2.45) is 0 Å². The molecule has 0 aliphatic rings. The second kappa shape index (κ2) is 12.3. The summed E-state index contributed by atoms with van der Waals surface area (Å²) in [6, 6.07) is 17.5. The van der Waals surface area contributed by atoms with E-state index < -0.39 is 23.8 Å². The number of rotatable bonds is 10. The van der Waals surface area contributed by atoms with Crippen molar-refractivity contribution < 1.29 is 29.1 Å². The van der Waals surface area contributed by atoms with Crippen molar-refractivity contribution in [2.45, 2.75) is 12.8 Å². The number of amides is 4. The number of para-hydroxylation sites is 1. The van der Waals surface area contributed by atoms with Crippen LogP contribution in [0.1, 0.15) is 22.3 Å². The number of aryl methyl sites for hydroxylation is 1. The highest BCUT2D eigenvalue weighted by molar-refractivity contribution is 6.00. The summed E-state index contributed by atoms with van der Waals surface area (Å²) in [5.74, 6) is -1.33. The molecule has 0 aliphatic heterocycles. The van der Waals surface area contributed by atoms with Crippen LogP contribution in [0.4, 0.5) is 16.3 Å². The molecule has 1 aromatic heterocycles. The molecule has 2 aromatic carbocycles. The van der Waals surface area contributed by atoms with Crippen LogP contribution in [0.3, 0.4) is 0 Å². The first-order valence-corrected chi connectivity index (χ1v) is 10.5. The van der Waals surface area contributed by atoms with Crippen LogP contribution < -0.4 is 26.3 Å². The van der Waals surface area contributed by atoms with Crippen LogP contribution in [0.5, 0.6) is 5.75 Å². The van der Waals surface area contributed by atoms with E-state index in [2.05, 4.69) is 26.4 Å². The molecule has 0 saturated heterocycles. The summed E-state index contributed by atoms with van der Waals surface area (Å²) >= 11 is 0. The summed E-state index contributed by atoms with van der Waals surface area (Å²) < 4.78 is 0. The van der Waals surface area contributed by atoms with Gasteiger partial charge in [0, 0.05) is 23.9 Å². The fourth-order valence-electron chi connectivity index (χ4n) is 2.92. The van der Waals surface area contributed by atoms with Gasteiger partial charge in [-0.05, 0) is 48.4 Å². The van der Waals surface area contributed by atoms with Crippen LogP contribution in [0.2, 0.25) is 0 Å². The number of anilines is 2. The monoisotopic (exact) mass is 477 g/mol. The first-order valence-electron chi connectivity index (χ1n) is 10.5. The van der Waals surface area contributed by atoms with Gasteiger partial charge < -0.3 is 25.9 Å². The van der Waals surface area contributed by atoms with Gasteiger partial charge in [0.05, 0.1) is 6.54 Å². The summed E-state index contributed by atoms with van der Waals surface area (Å²) in [6.07, 6.45) is 1.57. The number of hydroxylamine groups is 1. The lowest BCUT2D eigenvalue weighted by molar-refractivity contribution is -0.137. The summed E-state index contributed by atoms with van der Waals surface area (Å²) in [5, 5.41) is 16.5. The number of nitrogens with one attached hydrogen (secondary N) is 4. The number of aromatic nitrogens is 1. The molecule has 0 saturated carbocycles. The fraction of sp³-hybridized carbons (Fsp3) is 0.125. The summed E-state index contributed by atoms with van der Waals surface area (Å²) in [7, 11) is 0. The number of benzene rings is 2. The smallest absolute Gasteiger partial charge is 0.352 e. The van der Waals surface area contributed by atoms with E-state index in [1.807, 2.05) is 6.07 Å². The fourth-order valence-corrected chi connectivity index (χ4v) is 2.92. The van der Waals surface area contributed by atoms with E-state index in [1.165, 1.54) is 18.3 Å². The first-order chi connectivity index (χ1) is 16.9. The Morgan fingerprint density at radius 1 is 0.914 bits per heavy atom. The lowest BCUT2D eigenvalue weighted by Crippen LogP contribution is -2.33. The van der Waals surface area contributed by atoms with E-state index in [4.69, 9.17) is 9.94 Å². The van der Waals surface area contributed by atoms with Gasteiger partial charge in [-0.15, -0.1) is 0 Å². The van der Waals surface area contributed by atoms with Gasteiger partial charge in [0.25, 0.3) is 5.91 Å². The predicted octanol–water partition coefficient (Wildman–Crippen LogP) is 2.58. The maximum absolute atomic E-state index is 12.5. The molecular formula is C24H23N5O6. The summed E-state index contributed by atoms with van der Waals surface area (Å²) in [4.78, 5) is 56.8. The molecule has 0 radical (unpaired) electrons. The molecule has 35 heavy (non-hydrogen) atoms. The molecule has 0 bridgehead atoms. The Bertz CT molecular complexity index is 1200. The molecule has 0 fully saturated rings. The second-order valence-electron chi connectivity index (χ2n) is 7.19. The Kier molecular flexibility index (Phi) is 8.72. The van der Waals surface area contributed by atoms with Crippen molar-refractivity contribution in [3.8, 4) is 5.75 Å². The molecule has 3 rings (SSSR count). The maximum Gasteiger partial charge on any atom is 0.352 e. The van der Waals surface area contributed by atoms with E-state index in [-0.39, 0.29) is 30.8 Å². The van der Waals surface area contributed by atoms with Gasteiger partial charge in [-0.1, -0.05) is 30.3 Å². The molecule has 4 amide bonds. The number of carbonyl (C=O) groups excluding carboxylic acids is 3. The number of carboxylic acids is 1. The minimum atomic E-state index is -0.962. The number of nitrogens with zero attached hydrogens (tertiary/aromatic N) is 1. The largest absolute Gasteiger partial charge is 0.481 e. The number of carboxylic acid groups (broad SMARTS) is 1. The van der Waals surface area contributed by atoms with Crippen LogP contribution >= 0.6 is 0 Å². The van der Waals surface area contributed by atoms with E-state index in [1.54, 1.807) is 48.5 Å². The maximum atomic E-state index is 12.5. The molecule has 1 heterocycles. The van der Waals surface area contributed by atoms with E-state index >= 15 is 0 Å². The molecular weight excluding hydrogens is 454 g/mol. The van der Waals surface area contributed by atoms with Crippen molar-refractivity contribution in [3.05, 3.63) is 84.1 Å². The van der Waals surface area contributed by atoms with Crippen molar-refractivity contribution in [2.75, 3.05) is 17.2 Å². The molecule has 3 aromatic rings. The third-order valence-electron chi connectivity index (χ3n) is 4.55. The third-order valence-corrected chi connectivity index (χ3v) is 4.55. The van der Waals surface area contributed by atoms with Gasteiger partial charge in [-0.2, -0.15) is 5.48 Å². The highest BCUT2D eigenvalue weighted by Gasteiger charge is 2.13. The minimum absolute atomic E-state index is 0.105. The highest BCUT2D eigenvalue weighted by Crippen LogP contribution is 2.14. The van der Waals surface area contributed by atoms with Gasteiger partial charge in [-0.25, -0.2) is 9.78 Å². The standard InChI is InChI=1S/C24H23N5O6/c30-20(28-22-16(7-5-13-25-22)11-12-21(31)32)15-26-23(33)17-6-4-8-18(14-17)27-24(34)29-35-19-9-2-1-3-10-19/h1-10,13-14H,11-12,15H2,(H,26,33)(H,31,32)(H,25,28,30)(H2,27,29,34). The van der Waals surface area contributed by atoms with Crippen molar-refractivity contribution in [1.82, 2.24) is 15.8 Å². The van der Waals surface area contributed by atoms with Crippen molar-refractivity contribution in [1.29, 1.82) is 0 Å². The Hall–Kier alpha value is -4.93. The molecule has 180 valence electrons. The second-order valence-corrected chi connectivity index (χ2v) is 7.19. The molecule has 0 unspecified atom stereocenters. The number of pyridine rings is 1. The SMILES string of the molecule is O=C(O)CCc1cccnc1NC(=O)CNC(=O)c1cccc(NC(=O)NOc2ccccc2)c1. The van der Waals surface area contributed by atoms with E-state index in [9.17, 15) is 19.2 Å². The Morgan fingerprint density at radius 2 is 1.71 bits per heavy atom. The topological polar surface area (TPSA) is 159 Å². The Balaban J connectivity index is 1.49. The van der Waals surface area contributed by atoms with Crippen LogP contribution in [0.25, 0.3) is 0 Å². The average molecular weight is 477 g/mol. The first kappa shape index (κ1) is 24.7. The Morgan fingerprint density at radius 3 is 2.49 bits per heavy atom. The van der Waals surface area contributed by atoms with Crippen LogP contribution in [-0.4, -0.2) is 40.5 Å². The molecule has 0 aliphatic carbocycles. The predicted molar refractivity (Wildman–Crippen MR) is 127 cm³/mol. The minimum Gasteiger partial charge on any atom is -0.481 e. The zero-order chi connectivity index (χ0) is 25.0. The van der Waals surface area contributed by atoms with E-state index in [0.717, 1.165) is 0 Å². The van der Waals surface area contributed by atoms with Crippen LogP contribution in [0.15, 0.2) is 72.9 Å². The quantitative estimate of drug-likeness (QED) is 0.281. The number of hydrogen-bond donors (Lipinski definition) is 5. The average Bonchev–Trinajstić information content (AvgIpc) is 2.86. The van der Waals surface area contributed by atoms with Gasteiger partial charge in [0.2, 0.25) is 5.91 Å². The molecule has 5 N–H and O–H groups in total. The normalized spacial score (nSPS) is 10.1. The molecule has 11 heteroatoms. The zero-order valence-electron chi connectivity index (χ0n) is 18.5. The van der Waals surface area contributed by atoms with Gasteiger partial charge >= 0.3 is 12.0 Å². The molecule has 0 spiro atoms. The molecule has 0 atom stereocenters. The van der Waals surface area contributed by atoms with Gasteiger partial charge in [0.15, 0.2) is 5.75 Å². The van der Waals surface area contributed by atoms with Crippen LogP contribution in [-0.2, 0) is 16.0 Å². The van der Waals surface area contributed by atoms with Crippen LogP contribution in [0, 0.1) is 0 Å².